The molecule has 214 valence electrons. The van der Waals surface area contributed by atoms with Crippen LogP contribution in [0.5, 0.6) is 0 Å². The normalized spacial score (nSPS) is 17.8. The number of aliphatic hydroxyl groups excluding tert-OH is 1. The number of anilines is 2. The fourth-order valence-electron chi connectivity index (χ4n) is 4.90. The van der Waals surface area contributed by atoms with Gasteiger partial charge in [-0.15, -0.1) is 0 Å². The third kappa shape index (κ3) is 8.51. The lowest BCUT2D eigenvalue weighted by Gasteiger charge is -2.20. The van der Waals surface area contributed by atoms with E-state index in [1.54, 1.807) is 36.7 Å². The highest BCUT2D eigenvalue weighted by molar-refractivity contribution is 7.92. The van der Waals surface area contributed by atoms with E-state index in [-0.39, 0.29) is 23.0 Å². The van der Waals surface area contributed by atoms with E-state index in [1.165, 1.54) is 12.1 Å². The van der Waals surface area contributed by atoms with Crippen molar-refractivity contribution in [3.63, 3.8) is 0 Å². The molecule has 2 amide bonds. The summed E-state index contributed by atoms with van der Waals surface area (Å²) in [5.74, 6) is 0. The molecule has 5 N–H and O–H groups in total. The van der Waals surface area contributed by atoms with E-state index in [0.29, 0.717) is 17.9 Å². The summed E-state index contributed by atoms with van der Waals surface area (Å²) < 4.78 is 28.4. The predicted molar refractivity (Wildman–Crippen MR) is 158 cm³/mol. The molecule has 1 aromatic heterocycles. The molecule has 9 nitrogen and oxygen atoms in total. The highest BCUT2D eigenvalue weighted by Crippen LogP contribution is 2.27. The van der Waals surface area contributed by atoms with E-state index in [1.807, 2.05) is 24.3 Å². The van der Waals surface area contributed by atoms with Gasteiger partial charge in [0.05, 0.1) is 11.0 Å². The fraction of sp³-hybridized carbons (Fsp3) is 0.400. The van der Waals surface area contributed by atoms with E-state index in [9.17, 15) is 18.3 Å². The summed E-state index contributed by atoms with van der Waals surface area (Å²) in [5, 5.41) is 19.7. The maximum absolute atomic E-state index is 12.9. The Morgan fingerprint density at radius 3 is 2.48 bits per heavy atom. The minimum atomic E-state index is -3.78. The number of nitrogens with zero attached hydrogens (tertiary/aromatic N) is 1. The topological polar surface area (TPSA) is 132 Å². The van der Waals surface area contributed by atoms with E-state index in [0.717, 1.165) is 56.1 Å². The summed E-state index contributed by atoms with van der Waals surface area (Å²) >= 11 is 0. The molecule has 3 atom stereocenters. The number of carbonyl (C=O) groups is 1. The third-order valence-corrected chi connectivity index (χ3v) is 8.51. The summed E-state index contributed by atoms with van der Waals surface area (Å²) in [5.41, 5.74) is 2.88. The SMILES string of the molecule is CCCCCCNC(=O)Nc1ccc(S(=O)(=O)Nc2ccc(C[C@@H]3CC[C@H](C(O)c4cccnc4)N3)cc2)cc1. The van der Waals surface area contributed by atoms with Gasteiger partial charge >= 0.3 is 6.03 Å². The van der Waals surface area contributed by atoms with Crippen molar-refractivity contribution in [2.75, 3.05) is 16.6 Å². The van der Waals surface area contributed by atoms with E-state index in [4.69, 9.17) is 0 Å². The van der Waals surface area contributed by atoms with Crippen molar-refractivity contribution >= 4 is 27.4 Å². The third-order valence-electron chi connectivity index (χ3n) is 7.11. The van der Waals surface area contributed by atoms with Crippen LogP contribution in [0.3, 0.4) is 0 Å². The van der Waals surface area contributed by atoms with Crippen LogP contribution < -0.4 is 20.7 Å². The minimum absolute atomic E-state index is 0.0215. The largest absolute Gasteiger partial charge is 0.387 e. The minimum Gasteiger partial charge on any atom is -0.387 e. The first kappa shape index (κ1) is 29.5. The first-order valence-corrected chi connectivity index (χ1v) is 15.4. The molecule has 0 radical (unpaired) electrons. The molecule has 2 heterocycles. The number of aromatic nitrogens is 1. The van der Waals surface area contributed by atoms with Crippen molar-refractivity contribution < 1.29 is 18.3 Å². The van der Waals surface area contributed by atoms with Crippen LogP contribution in [0.1, 0.15) is 62.7 Å². The molecule has 0 saturated carbocycles. The van der Waals surface area contributed by atoms with Crippen molar-refractivity contribution in [2.45, 2.75) is 75.0 Å². The van der Waals surface area contributed by atoms with Crippen LogP contribution in [-0.4, -0.2) is 43.2 Å². The van der Waals surface area contributed by atoms with Crippen molar-refractivity contribution in [3.05, 3.63) is 84.2 Å². The summed E-state index contributed by atoms with van der Waals surface area (Å²) in [6.45, 7) is 2.74. The number of hydrogen-bond acceptors (Lipinski definition) is 6. The Morgan fingerprint density at radius 2 is 1.77 bits per heavy atom. The average molecular weight is 566 g/mol. The number of pyridine rings is 1. The number of aliphatic hydroxyl groups is 1. The van der Waals surface area contributed by atoms with E-state index < -0.39 is 16.1 Å². The lowest BCUT2D eigenvalue weighted by Crippen LogP contribution is -2.35. The Hall–Kier alpha value is -3.47. The summed E-state index contributed by atoms with van der Waals surface area (Å²) in [7, 11) is -3.78. The Labute approximate surface area is 236 Å². The van der Waals surface area contributed by atoms with Gasteiger partial charge in [0.1, 0.15) is 0 Å². The van der Waals surface area contributed by atoms with Crippen molar-refractivity contribution in [1.82, 2.24) is 15.6 Å². The van der Waals surface area contributed by atoms with Crippen molar-refractivity contribution in [3.8, 4) is 0 Å². The summed E-state index contributed by atoms with van der Waals surface area (Å²) in [6, 6.07) is 17.0. The van der Waals surface area contributed by atoms with Crippen LogP contribution in [0.4, 0.5) is 16.2 Å². The van der Waals surface area contributed by atoms with Crippen LogP contribution in [0.25, 0.3) is 0 Å². The molecule has 3 aromatic rings. The highest BCUT2D eigenvalue weighted by Gasteiger charge is 2.30. The molecule has 1 unspecified atom stereocenters. The number of carbonyl (C=O) groups excluding carboxylic acids is 1. The predicted octanol–water partition coefficient (Wildman–Crippen LogP) is 4.98. The molecule has 2 aromatic carbocycles. The van der Waals surface area contributed by atoms with Crippen molar-refractivity contribution in [1.29, 1.82) is 0 Å². The van der Waals surface area contributed by atoms with E-state index in [2.05, 4.69) is 32.6 Å². The second-order valence-corrected chi connectivity index (χ2v) is 11.9. The Kier molecular flexibility index (Phi) is 10.5. The molecular formula is C30H39N5O4S. The number of benzene rings is 2. The van der Waals surface area contributed by atoms with Gasteiger partial charge in [-0.05, 0) is 73.7 Å². The molecule has 1 aliphatic rings. The van der Waals surface area contributed by atoms with Crippen molar-refractivity contribution in [2.24, 2.45) is 0 Å². The number of amides is 2. The zero-order valence-electron chi connectivity index (χ0n) is 22.8. The van der Waals surface area contributed by atoms with Crippen LogP contribution in [-0.2, 0) is 16.4 Å². The first-order valence-electron chi connectivity index (χ1n) is 13.9. The lowest BCUT2D eigenvalue weighted by atomic mass is 10.0. The van der Waals surface area contributed by atoms with E-state index >= 15 is 0 Å². The average Bonchev–Trinajstić information content (AvgIpc) is 3.42. The van der Waals surface area contributed by atoms with Gasteiger partial charge in [0.2, 0.25) is 0 Å². The summed E-state index contributed by atoms with van der Waals surface area (Å²) in [4.78, 5) is 16.2. The maximum atomic E-state index is 12.9. The molecule has 10 heteroatoms. The monoisotopic (exact) mass is 565 g/mol. The van der Waals surface area contributed by atoms with Crippen LogP contribution in [0.15, 0.2) is 78.0 Å². The number of sulfonamides is 1. The van der Waals surface area contributed by atoms with Crippen LogP contribution >= 0.6 is 0 Å². The van der Waals surface area contributed by atoms with Gasteiger partial charge < -0.3 is 21.1 Å². The number of rotatable bonds is 13. The smallest absolute Gasteiger partial charge is 0.319 e. The van der Waals surface area contributed by atoms with Crippen LogP contribution in [0, 0.1) is 0 Å². The quantitative estimate of drug-likeness (QED) is 0.186. The van der Waals surface area contributed by atoms with Gasteiger partial charge in [-0.25, -0.2) is 13.2 Å². The molecule has 4 rings (SSSR count). The molecule has 1 saturated heterocycles. The highest BCUT2D eigenvalue weighted by atomic mass is 32.2. The van der Waals surface area contributed by atoms with Gasteiger partial charge in [-0.3, -0.25) is 9.71 Å². The molecule has 0 aliphatic carbocycles. The number of hydrogen-bond donors (Lipinski definition) is 5. The number of unbranched alkanes of at least 4 members (excludes halogenated alkanes) is 3. The second kappa shape index (κ2) is 14.2. The first-order chi connectivity index (χ1) is 19.3. The van der Waals surface area contributed by atoms with Gasteiger partial charge in [0, 0.05) is 48.0 Å². The van der Waals surface area contributed by atoms with Crippen LogP contribution in [0.2, 0.25) is 0 Å². The number of nitrogens with one attached hydrogen (secondary N) is 4. The van der Waals surface area contributed by atoms with Gasteiger partial charge in [-0.2, -0.15) is 0 Å². The van der Waals surface area contributed by atoms with Gasteiger partial charge in [0.25, 0.3) is 10.0 Å². The maximum Gasteiger partial charge on any atom is 0.319 e. The lowest BCUT2D eigenvalue weighted by molar-refractivity contribution is 0.135. The zero-order chi connectivity index (χ0) is 28.4. The molecular weight excluding hydrogens is 526 g/mol. The Bertz CT molecular complexity index is 1320. The number of urea groups is 1. The molecule has 1 aliphatic heterocycles. The fourth-order valence-corrected chi connectivity index (χ4v) is 5.96. The second-order valence-electron chi connectivity index (χ2n) is 10.3. The van der Waals surface area contributed by atoms with Gasteiger partial charge in [-0.1, -0.05) is 44.4 Å². The molecule has 1 fully saturated rings. The van der Waals surface area contributed by atoms with Gasteiger partial charge in [0.15, 0.2) is 0 Å². The Balaban J connectivity index is 1.25. The Morgan fingerprint density at radius 1 is 1.02 bits per heavy atom. The molecule has 0 spiro atoms. The molecule has 40 heavy (non-hydrogen) atoms. The summed E-state index contributed by atoms with van der Waals surface area (Å²) in [6.07, 6.45) is 9.69. The zero-order valence-corrected chi connectivity index (χ0v) is 23.7. The molecule has 0 bridgehead atoms. The standard InChI is InChI=1S/C30H39N5O4S/c1-2-3-4-5-19-32-30(37)34-24-12-15-27(16-13-24)40(38,39)35-25-10-8-22(9-11-25)20-26-14-17-28(33-26)29(36)23-7-6-18-31-21-23/h6-13,15-16,18,21,26,28-29,33,35-36H,2-5,14,17,19-20H2,1H3,(H2,32,34,37)/t26-,28+,29?/m0/s1.